The zero-order valence-corrected chi connectivity index (χ0v) is 39.2. The molecule has 0 bridgehead atoms. The first-order chi connectivity index (χ1) is 32.6. The molecule has 360 valence electrons. The number of amides is 7. The number of aromatic nitrogens is 3. The molecule has 1 aliphatic heterocycles. The Hall–Kier alpha value is -7.03. The van der Waals surface area contributed by atoms with Crippen molar-refractivity contribution in [3.63, 3.8) is 0 Å². The summed E-state index contributed by atoms with van der Waals surface area (Å²) in [6.45, 7) is 5.80. The third kappa shape index (κ3) is 14.5. The first-order valence-electron chi connectivity index (χ1n) is 22.5. The van der Waals surface area contributed by atoms with Gasteiger partial charge in [-0.3, -0.25) is 38.5 Å². The maximum Gasteiger partial charge on any atom is 0.253 e. The Morgan fingerprint density at radius 3 is 2.24 bits per heavy atom. The van der Waals surface area contributed by atoms with Crippen molar-refractivity contribution in [1.82, 2.24) is 46.0 Å². The largest absolute Gasteiger partial charge is 0.389 e. The van der Waals surface area contributed by atoms with Crippen LogP contribution in [0.4, 0.5) is 5.82 Å². The Bertz CT molecular complexity index is 2660. The minimum atomic E-state index is -1.06. The number of carbonyl (C=O) groups excluding carboxylic acids is 7. The zero-order valence-electron chi connectivity index (χ0n) is 38.4. The SMILES string of the molecule is CCOCc1nc2c(N)nc3cc(Cc4ccc(CNC(=O)CNC(=O)[C@H](Cc5ccccc5)NC(=O)CNC(=O)CNC(=O)CCCCCN5C(=O)C=CC5=O)s4)ccc3c2n1CC(C)(C)O. The number of anilines is 1. The summed E-state index contributed by atoms with van der Waals surface area (Å²) < 4.78 is 7.62. The van der Waals surface area contributed by atoms with E-state index < -0.39 is 41.8 Å². The van der Waals surface area contributed by atoms with Crippen LogP contribution in [0.5, 0.6) is 0 Å². The molecule has 5 aromatic rings. The summed E-state index contributed by atoms with van der Waals surface area (Å²) in [5.74, 6) is -2.41. The highest BCUT2D eigenvalue weighted by Crippen LogP contribution is 2.32. The lowest BCUT2D eigenvalue weighted by Gasteiger charge is -2.20. The molecule has 3 aromatic heterocycles. The fourth-order valence-corrected chi connectivity index (χ4v) is 8.52. The van der Waals surface area contributed by atoms with Gasteiger partial charge in [0.25, 0.3) is 11.8 Å². The van der Waals surface area contributed by atoms with Gasteiger partial charge in [0, 0.05) is 59.7 Å². The lowest BCUT2D eigenvalue weighted by molar-refractivity contribution is -0.137. The fourth-order valence-electron chi connectivity index (χ4n) is 7.52. The van der Waals surface area contributed by atoms with E-state index in [1.54, 1.807) is 38.1 Å². The molecule has 19 nitrogen and oxygen atoms in total. The fraction of sp³-hybridized carbons (Fsp3) is 0.396. The van der Waals surface area contributed by atoms with Crippen LogP contribution < -0.4 is 32.3 Å². The third-order valence-corrected chi connectivity index (χ3v) is 11.9. The van der Waals surface area contributed by atoms with Gasteiger partial charge in [-0.1, -0.05) is 48.9 Å². The summed E-state index contributed by atoms with van der Waals surface area (Å²) >= 11 is 1.54. The molecule has 1 aliphatic rings. The van der Waals surface area contributed by atoms with E-state index >= 15 is 0 Å². The summed E-state index contributed by atoms with van der Waals surface area (Å²) in [5.41, 5.74) is 9.22. The number of imide groups is 1. The minimum Gasteiger partial charge on any atom is -0.389 e. The molecule has 20 heteroatoms. The van der Waals surface area contributed by atoms with Crippen LogP contribution in [0.2, 0.25) is 0 Å². The van der Waals surface area contributed by atoms with Gasteiger partial charge in [-0.2, -0.15) is 0 Å². The van der Waals surface area contributed by atoms with Crippen LogP contribution in [0.15, 0.2) is 72.8 Å². The maximum absolute atomic E-state index is 13.3. The molecule has 8 N–H and O–H groups in total. The summed E-state index contributed by atoms with van der Waals surface area (Å²) in [5, 5.41) is 24.6. The van der Waals surface area contributed by atoms with Crippen LogP contribution >= 0.6 is 11.3 Å². The molecule has 0 radical (unpaired) electrons. The summed E-state index contributed by atoms with van der Waals surface area (Å²) in [4.78, 5) is 99.6. The van der Waals surface area contributed by atoms with E-state index in [2.05, 4.69) is 31.6 Å². The number of benzene rings is 2. The van der Waals surface area contributed by atoms with Gasteiger partial charge < -0.3 is 46.7 Å². The molecule has 0 fully saturated rings. The molecule has 0 saturated carbocycles. The van der Waals surface area contributed by atoms with Crippen molar-refractivity contribution in [2.24, 2.45) is 0 Å². The van der Waals surface area contributed by atoms with Crippen LogP contribution in [0.25, 0.3) is 21.9 Å². The summed E-state index contributed by atoms with van der Waals surface area (Å²) in [7, 11) is 0. The number of thiophene rings is 1. The highest BCUT2D eigenvalue weighted by atomic mass is 32.1. The van der Waals surface area contributed by atoms with E-state index in [0.717, 1.165) is 36.7 Å². The number of hydrogen-bond acceptors (Lipinski definition) is 13. The van der Waals surface area contributed by atoms with Gasteiger partial charge in [0.2, 0.25) is 29.5 Å². The first kappa shape index (κ1) is 50.4. The predicted octanol–water partition coefficient (Wildman–Crippen LogP) is 2.30. The Morgan fingerprint density at radius 1 is 0.809 bits per heavy atom. The van der Waals surface area contributed by atoms with Crippen LogP contribution in [0.1, 0.15) is 73.2 Å². The molecule has 1 atom stereocenters. The van der Waals surface area contributed by atoms with Crippen molar-refractivity contribution in [3.05, 3.63) is 99.5 Å². The second-order valence-corrected chi connectivity index (χ2v) is 18.2. The molecule has 7 amide bonds. The molecule has 0 spiro atoms. The second-order valence-electron chi connectivity index (χ2n) is 17.0. The molecular formula is C48H58N10O9S. The average molecular weight is 951 g/mol. The normalized spacial score (nSPS) is 13.0. The number of ether oxygens (including phenoxy) is 1. The number of unbranched alkanes of at least 4 members (excludes halogenated alkanes) is 2. The molecule has 4 heterocycles. The van der Waals surface area contributed by atoms with Crippen LogP contribution in [-0.2, 0) is 70.8 Å². The highest BCUT2D eigenvalue weighted by molar-refractivity contribution is 7.12. The topological polar surface area (TPSA) is 269 Å². The Balaban J connectivity index is 0.947. The number of rotatable bonds is 25. The van der Waals surface area contributed by atoms with E-state index in [1.807, 2.05) is 47.9 Å². The van der Waals surface area contributed by atoms with Crippen LogP contribution in [-0.4, -0.2) is 110 Å². The number of nitrogens with two attached hydrogens (primary N) is 1. The number of nitrogens with one attached hydrogen (secondary N) is 5. The monoisotopic (exact) mass is 950 g/mol. The number of hydrogen-bond donors (Lipinski definition) is 7. The van der Waals surface area contributed by atoms with Crippen LogP contribution in [0, 0.1) is 0 Å². The molecule has 6 rings (SSSR count). The van der Waals surface area contributed by atoms with Crippen molar-refractivity contribution >= 4 is 80.4 Å². The van der Waals surface area contributed by atoms with Gasteiger partial charge in [0.15, 0.2) is 5.82 Å². The lowest BCUT2D eigenvalue weighted by atomic mass is 10.1. The highest BCUT2D eigenvalue weighted by Gasteiger charge is 2.25. The number of imidazole rings is 1. The standard InChI is InChI=1S/C48H58N10O9S/c1-4-67-28-37-56-44-45(58(37)29-48(2,3)66)34-17-14-31(23-35(34)55-46(44)49)21-32-15-16-33(68-32)24-50-40(61)26-53-47(65)36(22-30-11-7-5-8-12-30)54-41(62)27-52-39(60)25-51-38(59)13-9-6-10-20-57-42(63)18-19-43(57)64/h5,7-8,11-12,14-19,23,36,66H,4,6,9-10,13,20-22,24-29H2,1-3H3,(H2,49,55)(H,50,61)(H,51,59)(H,52,60)(H,53,65)(H,54,62)/t36-/m0/s1. The van der Waals surface area contributed by atoms with Crippen molar-refractivity contribution in [2.75, 3.05) is 38.5 Å². The molecule has 0 aliphatic carbocycles. The van der Waals surface area contributed by atoms with Crippen molar-refractivity contribution < 1.29 is 43.4 Å². The number of aliphatic hydroxyl groups is 1. The van der Waals surface area contributed by atoms with E-state index in [4.69, 9.17) is 15.5 Å². The van der Waals surface area contributed by atoms with Gasteiger partial charge in [-0.15, -0.1) is 11.3 Å². The molecular weight excluding hydrogens is 893 g/mol. The number of nitrogens with zero attached hydrogens (tertiary/aromatic N) is 4. The zero-order chi connectivity index (χ0) is 48.8. The first-order valence-corrected chi connectivity index (χ1v) is 23.3. The average Bonchev–Trinajstić information content (AvgIpc) is 4.00. The van der Waals surface area contributed by atoms with Crippen molar-refractivity contribution in [3.8, 4) is 0 Å². The predicted molar refractivity (Wildman–Crippen MR) is 255 cm³/mol. The molecule has 2 aromatic carbocycles. The molecule has 68 heavy (non-hydrogen) atoms. The Labute approximate surface area is 397 Å². The number of carbonyl (C=O) groups is 7. The van der Waals surface area contributed by atoms with Gasteiger partial charge in [0.1, 0.15) is 24.0 Å². The number of pyridine rings is 1. The second kappa shape index (κ2) is 23.6. The number of nitrogen functional groups attached to an aromatic ring is 1. The quantitative estimate of drug-likeness (QED) is 0.0328. The summed E-state index contributed by atoms with van der Waals surface area (Å²) in [6.07, 6.45) is 4.95. The van der Waals surface area contributed by atoms with Gasteiger partial charge in [0.05, 0.1) is 49.4 Å². The molecule has 0 saturated heterocycles. The van der Waals surface area contributed by atoms with Crippen molar-refractivity contribution in [1.29, 1.82) is 0 Å². The van der Waals surface area contributed by atoms with E-state index in [0.29, 0.717) is 49.1 Å². The van der Waals surface area contributed by atoms with Crippen LogP contribution in [0.3, 0.4) is 0 Å². The minimum absolute atomic E-state index is 0.122. The van der Waals surface area contributed by atoms with E-state index in [-0.39, 0.29) is 75.7 Å². The Kier molecular flexibility index (Phi) is 17.5. The van der Waals surface area contributed by atoms with Gasteiger partial charge in [-0.05, 0) is 62.9 Å². The Morgan fingerprint density at radius 2 is 1.50 bits per heavy atom. The van der Waals surface area contributed by atoms with Gasteiger partial charge in [-0.25, -0.2) is 9.97 Å². The third-order valence-electron chi connectivity index (χ3n) is 10.8. The van der Waals surface area contributed by atoms with Gasteiger partial charge >= 0.3 is 0 Å². The lowest BCUT2D eigenvalue weighted by Crippen LogP contribution is -2.52. The smallest absolute Gasteiger partial charge is 0.253 e. The van der Waals surface area contributed by atoms with E-state index in [9.17, 15) is 38.7 Å². The van der Waals surface area contributed by atoms with Crippen molar-refractivity contribution in [2.45, 2.75) is 90.6 Å². The number of fused-ring (bicyclic) bond motifs is 3. The summed E-state index contributed by atoms with van der Waals surface area (Å²) in [6, 6.07) is 17.9. The van der Waals surface area contributed by atoms with E-state index in [1.165, 1.54) is 23.5 Å². The maximum atomic E-state index is 13.3. The molecule has 0 unspecified atom stereocenters.